The molecule has 0 spiro atoms. The second kappa shape index (κ2) is 4.89. The van der Waals surface area contributed by atoms with Crippen molar-refractivity contribution in [2.24, 2.45) is 0 Å². The molecule has 0 amide bonds. The summed E-state index contributed by atoms with van der Waals surface area (Å²) in [5.74, 6) is 0. The molecule has 0 bridgehead atoms. The first-order valence-electron chi connectivity index (χ1n) is 7.03. The summed E-state index contributed by atoms with van der Waals surface area (Å²) in [6, 6.07) is 19.3. The van der Waals surface area contributed by atoms with Gasteiger partial charge in [0.2, 0.25) is 0 Å². The minimum atomic E-state index is 0.0401. The molecule has 1 atom stereocenters. The van der Waals surface area contributed by atoms with Crippen molar-refractivity contribution in [1.82, 2.24) is 0 Å². The monoisotopic (exact) mass is 264 g/mol. The molecule has 0 aliphatic carbocycles. The van der Waals surface area contributed by atoms with Gasteiger partial charge in [0.05, 0.1) is 19.8 Å². The quantitative estimate of drug-likeness (QED) is 0.616. The van der Waals surface area contributed by atoms with Crippen LogP contribution in [0.4, 0.5) is 0 Å². The third-order valence-electron chi connectivity index (χ3n) is 3.96. The first-order valence-corrected chi connectivity index (χ1v) is 7.03. The Morgan fingerprint density at radius 2 is 1.55 bits per heavy atom. The second-order valence-corrected chi connectivity index (χ2v) is 5.17. The van der Waals surface area contributed by atoms with Crippen LogP contribution in [0.25, 0.3) is 21.5 Å². The van der Waals surface area contributed by atoms with Gasteiger partial charge in [-0.25, -0.2) is 0 Å². The first kappa shape index (κ1) is 11.9. The molecule has 1 aliphatic heterocycles. The summed E-state index contributed by atoms with van der Waals surface area (Å²) >= 11 is 0. The highest BCUT2D eigenvalue weighted by Crippen LogP contribution is 2.34. The second-order valence-electron chi connectivity index (χ2n) is 5.17. The summed E-state index contributed by atoms with van der Waals surface area (Å²) in [6.45, 7) is 2.01. The lowest BCUT2D eigenvalue weighted by molar-refractivity contribution is -0.0895. The fourth-order valence-electron chi connectivity index (χ4n) is 3.02. The lowest BCUT2D eigenvalue weighted by Crippen LogP contribution is -2.22. The molecular weight excluding hydrogens is 248 g/mol. The van der Waals surface area contributed by atoms with E-state index in [-0.39, 0.29) is 6.10 Å². The molecule has 1 unspecified atom stereocenters. The van der Waals surface area contributed by atoms with Crippen molar-refractivity contribution < 1.29 is 9.47 Å². The Labute approximate surface area is 117 Å². The van der Waals surface area contributed by atoms with Gasteiger partial charge in [-0.2, -0.15) is 0 Å². The molecule has 0 N–H and O–H groups in total. The summed E-state index contributed by atoms with van der Waals surface area (Å²) in [4.78, 5) is 0. The van der Waals surface area contributed by atoms with E-state index >= 15 is 0 Å². The van der Waals surface area contributed by atoms with Crippen LogP contribution in [0.1, 0.15) is 11.7 Å². The largest absolute Gasteiger partial charge is 0.376 e. The molecule has 2 heteroatoms. The zero-order valence-electron chi connectivity index (χ0n) is 11.2. The Morgan fingerprint density at radius 1 is 0.800 bits per heavy atom. The minimum absolute atomic E-state index is 0.0401. The first-order chi connectivity index (χ1) is 9.93. The van der Waals surface area contributed by atoms with E-state index in [4.69, 9.17) is 9.47 Å². The summed E-state index contributed by atoms with van der Waals surface area (Å²) < 4.78 is 11.5. The van der Waals surface area contributed by atoms with E-state index in [2.05, 4.69) is 54.6 Å². The highest BCUT2D eigenvalue weighted by Gasteiger charge is 2.19. The summed E-state index contributed by atoms with van der Waals surface area (Å²) in [6.07, 6.45) is 0.0401. The molecule has 3 aromatic carbocycles. The molecule has 1 saturated heterocycles. The third kappa shape index (κ3) is 1.89. The van der Waals surface area contributed by atoms with Gasteiger partial charge >= 0.3 is 0 Å². The van der Waals surface area contributed by atoms with Crippen LogP contribution in [-0.2, 0) is 9.47 Å². The van der Waals surface area contributed by atoms with Crippen LogP contribution in [0.3, 0.4) is 0 Å². The molecule has 20 heavy (non-hydrogen) atoms. The fourth-order valence-corrected chi connectivity index (χ4v) is 3.02. The van der Waals surface area contributed by atoms with Gasteiger partial charge < -0.3 is 9.47 Å². The number of benzene rings is 3. The van der Waals surface area contributed by atoms with Gasteiger partial charge in [0.25, 0.3) is 0 Å². The average molecular weight is 264 g/mol. The molecule has 100 valence electrons. The van der Waals surface area contributed by atoms with Crippen LogP contribution in [0.5, 0.6) is 0 Å². The zero-order chi connectivity index (χ0) is 13.4. The maximum Gasteiger partial charge on any atom is 0.107 e. The van der Waals surface area contributed by atoms with Gasteiger partial charge in [-0.3, -0.25) is 0 Å². The Morgan fingerprint density at radius 3 is 2.35 bits per heavy atom. The fraction of sp³-hybridized carbons (Fsp3) is 0.222. The molecule has 1 heterocycles. The smallest absolute Gasteiger partial charge is 0.107 e. The van der Waals surface area contributed by atoms with E-state index in [1.54, 1.807) is 0 Å². The number of hydrogen-bond acceptors (Lipinski definition) is 2. The Kier molecular flexibility index (Phi) is 2.91. The summed E-state index contributed by atoms with van der Waals surface area (Å²) in [5.41, 5.74) is 1.24. The number of rotatable bonds is 1. The highest BCUT2D eigenvalue weighted by atomic mass is 16.6. The molecule has 1 aliphatic rings. The Balaban J connectivity index is 2.02. The van der Waals surface area contributed by atoms with E-state index in [1.807, 2.05) is 0 Å². The van der Waals surface area contributed by atoms with Crippen LogP contribution in [0.15, 0.2) is 54.6 Å². The molecule has 3 aromatic rings. The average Bonchev–Trinajstić information content (AvgIpc) is 2.55. The van der Waals surface area contributed by atoms with Gasteiger partial charge in [-0.15, -0.1) is 0 Å². The van der Waals surface area contributed by atoms with Crippen LogP contribution < -0.4 is 0 Å². The predicted octanol–water partition coefficient (Wildman–Crippen LogP) is 4.08. The Hall–Kier alpha value is -1.90. The highest BCUT2D eigenvalue weighted by molar-refractivity contribution is 6.09. The van der Waals surface area contributed by atoms with E-state index in [0.29, 0.717) is 19.8 Å². The molecule has 0 aromatic heterocycles. The minimum Gasteiger partial charge on any atom is -0.376 e. The van der Waals surface area contributed by atoms with Crippen molar-refractivity contribution in [2.45, 2.75) is 6.10 Å². The van der Waals surface area contributed by atoms with Crippen LogP contribution in [-0.4, -0.2) is 19.8 Å². The van der Waals surface area contributed by atoms with Crippen molar-refractivity contribution in [3.05, 3.63) is 60.2 Å². The molecule has 0 radical (unpaired) electrons. The predicted molar refractivity (Wildman–Crippen MR) is 81.0 cm³/mol. The normalized spacial score (nSPS) is 19.5. The maximum atomic E-state index is 5.90. The van der Waals surface area contributed by atoms with Gasteiger partial charge in [0.1, 0.15) is 6.10 Å². The lowest BCUT2D eigenvalue weighted by atomic mass is 9.94. The van der Waals surface area contributed by atoms with Crippen molar-refractivity contribution in [2.75, 3.05) is 19.8 Å². The standard InChI is InChI=1S/C18H16O2/c1-2-6-14-13(5-1)11-17(18-12-19-9-10-20-18)16-8-4-3-7-15(14)16/h1-8,11,18H,9-10,12H2. The molecule has 0 saturated carbocycles. The Bertz CT molecular complexity index is 758. The van der Waals surface area contributed by atoms with Crippen molar-refractivity contribution in [3.63, 3.8) is 0 Å². The van der Waals surface area contributed by atoms with Crippen molar-refractivity contribution in [1.29, 1.82) is 0 Å². The van der Waals surface area contributed by atoms with E-state index in [0.717, 1.165) is 0 Å². The van der Waals surface area contributed by atoms with Crippen LogP contribution in [0, 0.1) is 0 Å². The van der Waals surface area contributed by atoms with Gasteiger partial charge in [-0.05, 0) is 33.2 Å². The van der Waals surface area contributed by atoms with Crippen LogP contribution in [0.2, 0.25) is 0 Å². The zero-order valence-corrected chi connectivity index (χ0v) is 11.2. The number of ether oxygens (including phenoxy) is 2. The molecule has 2 nitrogen and oxygen atoms in total. The number of fused-ring (bicyclic) bond motifs is 3. The van der Waals surface area contributed by atoms with Gasteiger partial charge in [-0.1, -0.05) is 48.5 Å². The van der Waals surface area contributed by atoms with Crippen LogP contribution >= 0.6 is 0 Å². The van der Waals surface area contributed by atoms with E-state index in [9.17, 15) is 0 Å². The van der Waals surface area contributed by atoms with E-state index in [1.165, 1.54) is 27.1 Å². The lowest BCUT2D eigenvalue weighted by Gasteiger charge is -2.25. The van der Waals surface area contributed by atoms with Gasteiger partial charge in [0, 0.05) is 0 Å². The molecular formula is C18H16O2. The van der Waals surface area contributed by atoms with Crippen molar-refractivity contribution >= 4 is 21.5 Å². The maximum absolute atomic E-state index is 5.90. The SMILES string of the molecule is c1ccc2c(c1)cc(C1COCCO1)c1ccccc12. The molecule has 4 rings (SSSR count). The van der Waals surface area contributed by atoms with Gasteiger partial charge in [0.15, 0.2) is 0 Å². The van der Waals surface area contributed by atoms with E-state index < -0.39 is 0 Å². The summed E-state index contributed by atoms with van der Waals surface area (Å²) in [7, 11) is 0. The topological polar surface area (TPSA) is 18.5 Å². The van der Waals surface area contributed by atoms with Crippen molar-refractivity contribution in [3.8, 4) is 0 Å². The summed E-state index contributed by atoms with van der Waals surface area (Å²) in [5, 5.41) is 5.11. The number of hydrogen-bond donors (Lipinski definition) is 0. The molecule has 1 fully saturated rings. The third-order valence-corrected chi connectivity index (χ3v) is 3.96.